The van der Waals surface area contributed by atoms with Crippen molar-refractivity contribution in [2.24, 2.45) is 5.41 Å². The molecular formula is C31H39FN2O3S. The molecule has 5 nitrogen and oxygen atoms in total. The topological polar surface area (TPSA) is 53.0 Å². The fourth-order valence-corrected chi connectivity index (χ4v) is 7.17. The number of morpholine rings is 1. The normalized spacial score (nSPS) is 21.0. The van der Waals surface area contributed by atoms with Gasteiger partial charge in [-0.25, -0.2) is 4.39 Å². The molecule has 2 aliphatic heterocycles. The van der Waals surface area contributed by atoms with Crippen LogP contribution in [0.25, 0.3) is 16.7 Å². The lowest BCUT2D eigenvalue weighted by Crippen LogP contribution is -2.39. The Morgan fingerprint density at radius 1 is 1.18 bits per heavy atom. The third-order valence-corrected chi connectivity index (χ3v) is 9.34. The molecule has 38 heavy (non-hydrogen) atoms. The quantitative estimate of drug-likeness (QED) is 0.388. The minimum atomic E-state index is -0.816. The molecule has 0 unspecified atom stereocenters. The smallest absolute Gasteiger partial charge is 0.307 e. The first-order valence-corrected chi connectivity index (χ1v) is 14.9. The molecule has 1 N–H and O–H groups in total. The number of anilines is 1. The Bertz CT molecular complexity index is 1250. The van der Waals surface area contributed by atoms with E-state index in [9.17, 15) is 14.3 Å². The first-order valence-electron chi connectivity index (χ1n) is 13.7. The summed E-state index contributed by atoms with van der Waals surface area (Å²) in [6.45, 7) is 10.9. The number of hydrogen-bond acceptors (Lipinski definition) is 5. The number of carboxylic acids is 1. The molecule has 2 aromatic carbocycles. The predicted octanol–water partition coefficient (Wildman–Crippen LogP) is 6.88. The van der Waals surface area contributed by atoms with Crippen molar-refractivity contribution in [1.82, 2.24) is 4.90 Å². The molecule has 1 fully saturated rings. The third kappa shape index (κ3) is 5.38. The number of carboxylic acid groups (broad SMARTS) is 1. The summed E-state index contributed by atoms with van der Waals surface area (Å²) in [6, 6.07) is 7.36. The van der Waals surface area contributed by atoms with Crippen molar-refractivity contribution in [2.45, 2.75) is 58.9 Å². The van der Waals surface area contributed by atoms with Crippen LogP contribution in [-0.4, -0.2) is 55.1 Å². The number of rotatable bonds is 7. The van der Waals surface area contributed by atoms with E-state index in [4.69, 9.17) is 4.74 Å². The van der Waals surface area contributed by atoms with Crippen LogP contribution in [0, 0.1) is 18.2 Å². The summed E-state index contributed by atoms with van der Waals surface area (Å²) < 4.78 is 22.5. The van der Waals surface area contributed by atoms with Crippen LogP contribution in [0.15, 0.2) is 30.3 Å². The van der Waals surface area contributed by atoms with Gasteiger partial charge in [0.05, 0.1) is 31.4 Å². The van der Waals surface area contributed by atoms with Crippen molar-refractivity contribution in [3.8, 4) is 11.1 Å². The molecule has 1 atom stereocenters. The van der Waals surface area contributed by atoms with Crippen LogP contribution in [0.3, 0.4) is 0 Å². The van der Waals surface area contributed by atoms with Gasteiger partial charge in [-0.2, -0.15) is 0 Å². The number of aliphatic carboxylic acids is 1. The van der Waals surface area contributed by atoms with Gasteiger partial charge in [0.25, 0.3) is 0 Å². The Morgan fingerprint density at radius 2 is 1.95 bits per heavy atom. The Labute approximate surface area is 230 Å². The Morgan fingerprint density at radius 3 is 2.61 bits per heavy atom. The van der Waals surface area contributed by atoms with Gasteiger partial charge >= 0.3 is 5.97 Å². The molecule has 1 aliphatic carbocycles. The molecule has 7 heteroatoms. The average Bonchev–Trinajstić information content (AvgIpc) is 2.89. The fraction of sp³-hybridized carbons (Fsp3) is 0.516. The zero-order valence-electron chi connectivity index (χ0n) is 23.0. The van der Waals surface area contributed by atoms with Gasteiger partial charge in [-0.3, -0.25) is 9.69 Å². The van der Waals surface area contributed by atoms with E-state index in [0.29, 0.717) is 0 Å². The molecule has 3 aliphatic rings. The number of halogens is 1. The summed E-state index contributed by atoms with van der Waals surface area (Å²) in [7, 11) is 0. The highest BCUT2D eigenvalue weighted by molar-refractivity contribution is 8.00. The van der Waals surface area contributed by atoms with Crippen LogP contribution in [0.5, 0.6) is 0 Å². The van der Waals surface area contributed by atoms with Gasteiger partial charge in [-0.1, -0.05) is 37.9 Å². The molecule has 0 bridgehead atoms. The molecule has 5 rings (SSSR count). The highest BCUT2D eigenvalue weighted by Gasteiger charge is 2.35. The first-order chi connectivity index (χ1) is 18.2. The van der Waals surface area contributed by atoms with E-state index in [1.807, 2.05) is 6.07 Å². The average molecular weight is 539 g/mol. The van der Waals surface area contributed by atoms with Crippen LogP contribution < -0.4 is 4.31 Å². The summed E-state index contributed by atoms with van der Waals surface area (Å²) >= 11 is 1.64. The zero-order chi connectivity index (χ0) is 27.0. The highest BCUT2D eigenvalue weighted by Crippen LogP contribution is 2.53. The second-order valence-electron chi connectivity index (χ2n) is 11.6. The summed E-state index contributed by atoms with van der Waals surface area (Å²) in [5, 5.41) is 9.90. The van der Waals surface area contributed by atoms with E-state index < -0.39 is 5.97 Å². The molecule has 0 radical (unpaired) electrons. The van der Waals surface area contributed by atoms with E-state index in [2.05, 4.69) is 48.4 Å². The van der Waals surface area contributed by atoms with Crippen LogP contribution in [0.4, 0.5) is 10.1 Å². The number of fused-ring (bicyclic) bond motifs is 3. The molecule has 1 saturated heterocycles. The lowest BCUT2D eigenvalue weighted by Gasteiger charge is -2.41. The molecule has 0 spiro atoms. The minimum Gasteiger partial charge on any atom is -0.481 e. The van der Waals surface area contributed by atoms with Crippen molar-refractivity contribution in [3.05, 3.63) is 58.4 Å². The number of hydrogen-bond donors (Lipinski definition) is 1. The lowest BCUT2D eigenvalue weighted by atomic mass is 9.75. The minimum absolute atomic E-state index is 0.00782. The Hall–Kier alpha value is -2.35. The summed E-state index contributed by atoms with van der Waals surface area (Å²) in [4.78, 5) is 14.5. The Balaban J connectivity index is 1.64. The lowest BCUT2D eigenvalue weighted by molar-refractivity contribution is -0.136. The van der Waals surface area contributed by atoms with E-state index in [1.165, 1.54) is 5.57 Å². The van der Waals surface area contributed by atoms with E-state index in [-0.39, 0.29) is 23.7 Å². The van der Waals surface area contributed by atoms with E-state index >= 15 is 0 Å². The highest BCUT2D eigenvalue weighted by atomic mass is 32.2. The second-order valence-corrected chi connectivity index (χ2v) is 12.3. The van der Waals surface area contributed by atoms with Crippen molar-refractivity contribution < 1.29 is 19.0 Å². The molecule has 2 heterocycles. The number of nitrogens with zero attached hydrogens (tertiary/aromatic N) is 2. The number of benzene rings is 2. The number of allylic oxidation sites excluding steroid dienone is 2. The standard InChI is InChI=1S/C31H39FN2O3S/c1-20-24(19-29(35)36)25(21-7-10-31(2,3)11-8-21)18-27-23-6-5-22(32)17-26(23)28(34(38-4)30(20)27)9-12-33-13-15-37-16-14-33/h5-7,17-18,28H,8-16,19H2,1-4H3,(H,35,36)/t28-/m0/s1. The van der Waals surface area contributed by atoms with Crippen molar-refractivity contribution >= 4 is 29.2 Å². The third-order valence-electron chi connectivity index (χ3n) is 8.51. The summed E-state index contributed by atoms with van der Waals surface area (Å²) in [5.41, 5.74) is 8.67. The second kappa shape index (κ2) is 11.0. The first kappa shape index (κ1) is 27.2. The molecule has 0 saturated carbocycles. The van der Waals surface area contributed by atoms with Crippen LogP contribution in [-0.2, 0) is 16.0 Å². The molecule has 2 aromatic rings. The summed E-state index contributed by atoms with van der Waals surface area (Å²) in [6.07, 6.45) is 8.20. The maximum Gasteiger partial charge on any atom is 0.307 e. The number of carbonyl (C=O) groups is 1. The largest absolute Gasteiger partial charge is 0.481 e. The van der Waals surface area contributed by atoms with Gasteiger partial charge in [0, 0.05) is 31.5 Å². The zero-order valence-corrected chi connectivity index (χ0v) is 23.8. The van der Waals surface area contributed by atoms with Gasteiger partial charge in [0.1, 0.15) is 5.82 Å². The SMILES string of the molecule is CSN1c2c(cc(C3=CCC(C)(C)CC3)c(CC(=O)O)c2C)-c2ccc(F)cc2[C@@H]1CCN1CCOCC1. The van der Waals surface area contributed by atoms with Gasteiger partial charge in [-0.15, -0.1) is 0 Å². The van der Waals surface area contributed by atoms with Crippen LogP contribution in [0.1, 0.15) is 67.8 Å². The van der Waals surface area contributed by atoms with Crippen molar-refractivity contribution in [3.63, 3.8) is 0 Å². The van der Waals surface area contributed by atoms with Gasteiger partial charge < -0.3 is 14.1 Å². The molecule has 0 amide bonds. The molecular weight excluding hydrogens is 499 g/mol. The maximum absolute atomic E-state index is 14.7. The van der Waals surface area contributed by atoms with Crippen molar-refractivity contribution in [2.75, 3.05) is 43.4 Å². The molecule has 0 aromatic heterocycles. The van der Waals surface area contributed by atoms with Gasteiger partial charge in [0.15, 0.2) is 0 Å². The van der Waals surface area contributed by atoms with Crippen LogP contribution >= 0.6 is 11.9 Å². The fourth-order valence-electron chi connectivity index (χ4n) is 6.28. The monoisotopic (exact) mass is 538 g/mol. The van der Waals surface area contributed by atoms with E-state index in [1.54, 1.807) is 24.1 Å². The summed E-state index contributed by atoms with van der Waals surface area (Å²) in [5.74, 6) is -1.04. The predicted molar refractivity (Wildman–Crippen MR) is 154 cm³/mol. The van der Waals surface area contributed by atoms with E-state index in [0.717, 1.165) is 97.6 Å². The van der Waals surface area contributed by atoms with Crippen LogP contribution in [0.2, 0.25) is 0 Å². The van der Waals surface area contributed by atoms with Gasteiger partial charge in [-0.05, 0) is 89.6 Å². The van der Waals surface area contributed by atoms with Crippen molar-refractivity contribution in [1.29, 1.82) is 0 Å². The Kier molecular flexibility index (Phi) is 7.90. The maximum atomic E-state index is 14.7. The molecule has 204 valence electrons. The van der Waals surface area contributed by atoms with Gasteiger partial charge in [0.2, 0.25) is 0 Å². The number of ether oxygens (including phenoxy) is 1.